The summed E-state index contributed by atoms with van der Waals surface area (Å²) in [6, 6.07) is 16.4. The van der Waals surface area contributed by atoms with Gasteiger partial charge >= 0.3 is 5.69 Å². The van der Waals surface area contributed by atoms with Gasteiger partial charge in [0.1, 0.15) is 11.9 Å². The van der Waals surface area contributed by atoms with E-state index in [0.717, 1.165) is 33.7 Å². The molecule has 3 aromatic rings. The monoisotopic (exact) mass is 360 g/mol. The molecule has 6 nitrogen and oxygen atoms in total. The van der Waals surface area contributed by atoms with Crippen LogP contribution < -0.4 is 16.1 Å². The maximum Gasteiger partial charge on any atom is 0.332 e. The Kier molecular flexibility index (Phi) is 4.08. The number of hydrogen-bond acceptors (Lipinski definition) is 4. The van der Waals surface area contributed by atoms with Crippen molar-refractivity contribution >= 4 is 16.6 Å². The highest BCUT2D eigenvalue weighted by molar-refractivity contribution is 5.86. The highest BCUT2D eigenvalue weighted by Gasteiger charge is 2.32. The first kappa shape index (κ1) is 17.1. The molecule has 27 heavy (non-hydrogen) atoms. The molecule has 4 rings (SSSR count). The van der Waals surface area contributed by atoms with Crippen LogP contribution in [0.3, 0.4) is 0 Å². The maximum absolute atomic E-state index is 12.5. The second-order valence-electron chi connectivity index (χ2n) is 6.94. The van der Waals surface area contributed by atoms with E-state index in [4.69, 9.17) is 0 Å². The Morgan fingerprint density at radius 3 is 2.56 bits per heavy atom. The Bertz CT molecular complexity index is 1190. The van der Waals surface area contributed by atoms with Crippen LogP contribution in [0.1, 0.15) is 30.0 Å². The quantitative estimate of drug-likeness (QED) is 0.704. The van der Waals surface area contributed by atoms with Crippen LogP contribution in [0.15, 0.2) is 52.1 Å². The van der Waals surface area contributed by atoms with E-state index in [-0.39, 0.29) is 11.6 Å². The molecule has 1 unspecified atom stereocenters. The van der Waals surface area contributed by atoms with Crippen molar-refractivity contribution in [3.63, 3.8) is 0 Å². The number of nitriles is 1. The Balaban J connectivity index is 1.95. The fourth-order valence-corrected chi connectivity index (χ4v) is 4.15. The van der Waals surface area contributed by atoms with Gasteiger partial charge in [0.25, 0.3) is 5.56 Å². The summed E-state index contributed by atoms with van der Waals surface area (Å²) in [5, 5.41) is 11.9. The summed E-state index contributed by atoms with van der Waals surface area (Å²) in [4.78, 5) is 27.0. The molecule has 2 heterocycles. The molecule has 0 N–H and O–H groups in total. The van der Waals surface area contributed by atoms with Crippen molar-refractivity contribution in [1.82, 2.24) is 9.13 Å². The predicted octanol–water partition coefficient (Wildman–Crippen LogP) is 2.45. The van der Waals surface area contributed by atoms with E-state index in [1.54, 1.807) is 7.05 Å². The third kappa shape index (κ3) is 2.55. The number of nitrogens with zero attached hydrogens (tertiary/aromatic N) is 4. The van der Waals surface area contributed by atoms with Gasteiger partial charge < -0.3 is 4.90 Å². The number of rotatable bonds is 2. The first-order valence-electron chi connectivity index (χ1n) is 8.99. The summed E-state index contributed by atoms with van der Waals surface area (Å²) in [6.45, 7) is 0.697. The van der Waals surface area contributed by atoms with Gasteiger partial charge in [-0.25, -0.2) is 4.79 Å². The molecule has 136 valence electrons. The lowest BCUT2D eigenvalue weighted by Gasteiger charge is -2.30. The highest BCUT2D eigenvalue weighted by Crippen LogP contribution is 2.39. The molecule has 1 aromatic heterocycles. The molecule has 0 spiro atoms. The summed E-state index contributed by atoms with van der Waals surface area (Å²) in [7, 11) is 3.03. The van der Waals surface area contributed by atoms with Crippen molar-refractivity contribution in [2.24, 2.45) is 14.1 Å². The average molecular weight is 360 g/mol. The number of fused-ring (bicyclic) bond motifs is 1. The number of hydrogen-bond donors (Lipinski definition) is 0. The molecule has 6 heteroatoms. The predicted molar refractivity (Wildman–Crippen MR) is 105 cm³/mol. The smallest absolute Gasteiger partial charge is 0.332 e. The topological polar surface area (TPSA) is 71.0 Å². The molecular weight excluding hydrogens is 340 g/mol. The van der Waals surface area contributed by atoms with E-state index in [9.17, 15) is 14.9 Å². The second kappa shape index (κ2) is 6.44. The Labute approximate surface area is 156 Å². The van der Waals surface area contributed by atoms with E-state index >= 15 is 0 Å². The lowest BCUT2D eigenvalue weighted by atomic mass is 9.97. The zero-order valence-electron chi connectivity index (χ0n) is 15.3. The normalized spacial score (nSPS) is 16.6. The first-order chi connectivity index (χ1) is 13.0. The largest absolute Gasteiger partial charge is 0.350 e. The Morgan fingerprint density at radius 2 is 1.78 bits per heavy atom. The number of anilines is 1. The number of benzene rings is 2. The van der Waals surface area contributed by atoms with Gasteiger partial charge in [0.05, 0.1) is 6.04 Å². The fourth-order valence-electron chi connectivity index (χ4n) is 4.15. The summed E-state index contributed by atoms with van der Waals surface area (Å²) in [5.74, 6) is 0.418. The SMILES string of the molecule is Cn1c(N2CCCC2c2cccc3ccccc23)c(C#N)c(=O)n(C)c1=O. The minimum Gasteiger partial charge on any atom is -0.350 e. The van der Waals surface area contributed by atoms with E-state index in [1.807, 2.05) is 29.2 Å². The minimum absolute atomic E-state index is 0.0147. The zero-order valence-corrected chi connectivity index (χ0v) is 15.3. The van der Waals surface area contributed by atoms with Crippen LogP contribution in [-0.4, -0.2) is 15.7 Å². The summed E-state index contributed by atoms with van der Waals surface area (Å²) < 4.78 is 2.41. The molecule has 1 saturated heterocycles. The van der Waals surface area contributed by atoms with Crippen molar-refractivity contribution in [2.45, 2.75) is 18.9 Å². The molecule has 1 aliphatic heterocycles. The van der Waals surface area contributed by atoms with E-state index < -0.39 is 11.2 Å². The van der Waals surface area contributed by atoms with Crippen LogP contribution in [0.5, 0.6) is 0 Å². The first-order valence-corrected chi connectivity index (χ1v) is 8.99. The number of aromatic nitrogens is 2. The van der Waals surface area contributed by atoms with Crippen LogP contribution in [0, 0.1) is 11.3 Å². The van der Waals surface area contributed by atoms with Gasteiger partial charge in [-0.1, -0.05) is 42.5 Å². The average Bonchev–Trinajstić information content (AvgIpc) is 3.17. The van der Waals surface area contributed by atoms with Crippen molar-refractivity contribution in [3.05, 3.63) is 74.4 Å². The molecule has 0 aliphatic carbocycles. The van der Waals surface area contributed by atoms with Gasteiger partial charge in [-0.2, -0.15) is 5.26 Å². The van der Waals surface area contributed by atoms with Gasteiger partial charge in [0.2, 0.25) is 0 Å². The van der Waals surface area contributed by atoms with E-state index in [0.29, 0.717) is 12.4 Å². The fraction of sp³-hybridized carbons (Fsp3) is 0.286. The van der Waals surface area contributed by atoms with Crippen LogP contribution in [-0.2, 0) is 14.1 Å². The second-order valence-corrected chi connectivity index (χ2v) is 6.94. The van der Waals surface area contributed by atoms with Gasteiger partial charge in [-0.3, -0.25) is 13.9 Å². The Morgan fingerprint density at radius 1 is 1.04 bits per heavy atom. The standard InChI is InChI=1S/C21H20N4O2/c1-23-19(17(13-22)20(26)24(2)21(23)27)25-12-6-11-18(25)16-10-5-8-14-7-3-4-9-15(14)16/h3-5,7-10,18H,6,11-12H2,1-2H3. The highest BCUT2D eigenvalue weighted by atomic mass is 16.2. The molecule has 0 amide bonds. The third-order valence-electron chi connectivity index (χ3n) is 5.45. The van der Waals surface area contributed by atoms with Gasteiger partial charge in [0.15, 0.2) is 5.56 Å². The molecule has 1 atom stereocenters. The Hall–Kier alpha value is -3.33. The van der Waals surface area contributed by atoms with Crippen molar-refractivity contribution < 1.29 is 0 Å². The van der Waals surface area contributed by atoms with Crippen molar-refractivity contribution in [1.29, 1.82) is 5.26 Å². The molecule has 1 aliphatic rings. The lowest BCUT2D eigenvalue weighted by Crippen LogP contribution is -2.42. The summed E-state index contributed by atoms with van der Waals surface area (Å²) in [5.41, 5.74) is 0.214. The van der Waals surface area contributed by atoms with Crippen LogP contribution in [0.25, 0.3) is 10.8 Å². The third-order valence-corrected chi connectivity index (χ3v) is 5.45. The summed E-state index contributed by atoms with van der Waals surface area (Å²) in [6.07, 6.45) is 1.84. The van der Waals surface area contributed by atoms with Crippen LogP contribution in [0.2, 0.25) is 0 Å². The zero-order chi connectivity index (χ0) is 19.1. The maximum atomic E-state index is 12.5. The summed E-state index contributed by atoms with van der Waals surface area (Å²) >= 11 is 0. The molecule has 0 saturated carbocycles. The van der Waals surface area contributed by atoms with Gasteiger partial charge in [-0.05, 0) is 29.2 Å². The van der Waals surface area contributed by atoms with Gasteiger partial charge in [0, 0.05) is 20.6 Å². The molecule has 2 aromatic carbocycles. The van der Waals surface area contributed by atoms with Crippen LogP contribution >= 0.6 is 0 Å². The molecular formula is C21H20N4O2. The van der Waals surface area contributed by atoms with E-state index in [2.05, 4.69) is 24.3 Å². The molecule has 0 bridgehead atoms. The van der Waals surface area contributed by atoms with Gasteiger partial charge in [-0.15, -0.1) is 0 Å². The van der Waals surface area contributed by atoms with Crippen LogP contribution in [0.4, 0.5) is 5.82 Å². The lowest BCUT2D eigenvalue weighted by molar-refractivity contribution is 0.640. The van der Waals surface area contributed by atoms with Crippen molar-refractivity contribution in [3.8, 4) is 6.07 Å². The minimum atomic E-state index is -0.542. The van der Waals surface area contributed by atoms with E-state index in [1.165, 1.54) is 11.6 Å². The molecule has 1 fully saturated rings. The van der Waals surface area contributed by atoms with Crippen molar-refractivity contribution in [2.75, 3.05) is 11.4 Å². The molecule has 0 radical (unpaired) electrons.